The van der Waals surface area contributed by atoms with Crippen LogP contribution in [0.1, 0.15) is 28.6 Å². The highest BCUT2D eigenvalue weighted by Gasteiger charge is 2.09. The average Bonchev–Trinajstić information content (AvgIpc) is 3.08. The van der Waals surface area contributed by atoms with Crippen LogP contribution in [0.4, 0.5) is 0 Å². The summed E-state index contributed by atoms with van der Waals surface area (Å²) in [5, 5.41) is 8.76. The van der Waals surface area contributed by atoms with E-state index >= 15 is 0 Å². The van der Waals surface area contributed by atoms with E-state index in [0.717, 1.165) is 48.0 Å². The van der Waals surface area contributed by atoms with Crippen LogP contribution in [0.25, 0.3) is 0 Å². The largest absolute Gasteiger partial charge is 0.496 e. The van der Waals surface area contributed by atoms with Crippen molar-refractivity contribution in [1.29, 1.82) is 0 Å². The zero-order valence-electron chi connectivity index (χ0n) is 14.8. The Kier molecular flexibility index (Phi) is 7.06. The van der Waals surface area contributed by atoms with Gasteiger partial charge in [0.05, 0.1) is 19.3 Å². The smallest absolute Gasteiger partial charge is 0.191 e. The zero-order valence-corrected chi connectivity index (χ0v) is 15.7. The van der Waals surface area contributed by atoms with E-state index in [1.165, 1.54) is 4.88 Å². The van der Waals surface area contributed by atoms with Gasteiger partial charge in [-0.2, -0.15) is 0 Å². The van der Waals surface area contributed by atoms with Crippen LogP contribution in [0.3, 0.4) is 0 Å². The molecule has 0 amide bonds. The Bertz CT molecular complexity index is 668. The number of hydrogen-bond donors (Lipinski definition) is 2. The molecular weight excluding hydrogens is 320 g/mol. The predicted octanol–water partition coefficient (Wildman–Crippen LogP) is 3.07. The molecule has 0 saturated carbocycles. The Hall–Kier alpha value is -2.08. The number of aryl methyl sites for hydroxylation is 1. The van der Waals surface area contributed by atoms with E-state index in [1.54, 1.807) is 18.4 Å². The van der Waals surface area contributed by atoms with Crippen LogP contribution >= 0.6 is 11.3 Å². The lowest BCUT2D eigenvalue weighted by atomic mass is 10.1. The van der Waals surface area contributed by atoms with Gasteiger partial charge in [-0.25, -0.2) is 4.99 Å². The third-order valence-corrected chi connectivity index (χ3v) is 4.66. The minimum Gasteiger partial charge on any atom is -0.496 e. The molecule has 6 heteroatoms. The van der Waals surface area contributed by atoms with E-state index in [-0.39, 0.29) is 0 Å². The van der Waals surface area contributed by atoms with Gasteiger partial charge in [0.15, 0.2) is 5.96 Å². The molecule has 0 aliphatic carbocycles. The fourth-order valence-electron chi connectivity index (χ4n) is 2.49. The molecule has 0 bridgehead atoms. The quantitative estimate of drug-likeness (QED) is 0.597. The van der Waals surface area contributed by atoms with Crippen molar-refractivity contribution in [1.82, 2.24) is 15.6 Å². The van der Waals surface area contributed by atoms with Crippen LogP contribution < -0.4 is 15.4 Å². The Balaban J connectivity index is 2.00. The normalized spacial score (nSPS) is 11.4. The van der Waals surface area contributed by atoms with E-state index in [1.807, 2.05) is 20.0 Å². The minimum atomic E-state index is 0.525. The lowest BCUT2D eigenvalue weighted by Crippen LogP contribution is -2.38. The monoisotopic (exact) mass is 346 g/mol. The molecule has 0 atom stereocenters. The summed E-state index contributed by atoms with van der Waals surface area (Å²) in [7, 11) is 1.69. The summed E-state index contributed by atoms with van der Waals surface area (Å²) in [6, 6.07) is 4.24. The Morgan fingerprint density at radius 1 is 1.33 bits per heavy atom. The average molecular weight is 347 g/mol. The van der Waals surface area contributed by atoms with Crippen LogP contribution in [0, 0.1) is 13.8 Å². The van der Waals surface area contributed by atoms with Gasteiger partial charge in [0.25, 0.3) is 0 Å². The van der Waals surface area contributed by atoms with Gasteiger partial charge >= 0.3 is 0 Å². The van der Waals surface area contributed by atoms with Gasteiger partial charge in [-0.15, -0.1) is 11.3 Å². The fourth-order valence-corrected chi connectivity index (χ4v) is 3.19. The van der Waals surface area contributed by atoms with Crippen LogP contribution in [0.5, 0.6) is 5.75 Å². The molecule has 0 saturated heterocycles. The van der Waals surface area contributed by atoms with E-state index in [9.17, 15) is 0 Å². The molecule has 2 heterocycles. The molecule has 0 unspecified atom stereocenters. The molecule has 2 aromatic rings. The summed E-state index contributed by atoms with van der Waals surface area (Å²) >= 11 is 1.78. The first kappa shape index (κ1) is 18.3. The molecule has 2 aromatic heterocycles. The number of guanidine groups is 1. The van der Waals surface area contributed by atoms with Crippen molar-refractivity contribution in [2.24, 2.45) is 4.99 Å². The number of nitrogens with zero attached hydrogens (tertiary/aromatic N) is 2. The maximum absolute atomic E-state index is 5.46. The maximum atomic E-state index is 5.46. The fraction of sp³-hybridized carbons (Fsp3) is 0.444. The van der Waals surface area contributed by atoms with Crippen LogP contribution in [-0.4, -0.2) is 31.1 Å². The lowest BCUT2D eigenvalue weighted by molar-refractivity contribution is 0.407. The highest BCUT2D eigenvalue weighted by molar-refractivity contribution is 7.09. The van der Waals surface area contributed by atoms with Gasteiger partial charge in [0, 0.05) is 35.3 Å². The lowest BCUT2D eigenvalue weighted by Gasteiger charge is -2.13. The number of rotatable bonds is 7. The molecule has 0 radical (unpaired) electrons. The zero-order chi connectivity index (χ0) is 17.4. The van der Waals surface area contributed by atoms with Crippen LogP contribution in [0.2, 0.25) is 0 Å². The number of pyridine rings is 1. The number of aromatic nitrogens is 1. The van der Waals surface area contributed by atoms with E-state index < -0.39 is 0 Å². The van der Waals surface area contributed by atoms with Gasteiger partial charge in [0.2, 0.25) is 0 Å². The topological polar surface area (TPSA) is 58.5 Å². The van der Waals surface area contributed by atoms with Crippen LogP contribution in [0.15, 0.2) is 28.7 Å². The van der Waals surface area contributed by atoms with Crippen molar-refractivity contribution in [2.75, 3.05) is 20.2 Å². The highest BCUT2D eigenvalue weighted by atomic mass is 32.1. The number of thiophene rings is 1. The molecule has 0 spiro atoms. The van der Waals surface area contributed by atoms with Crippen molar-refractivity contribution in [3.05, 3.63) is 45.4 Å². The number of ether oxygens (including phenoxy) is 1. The molecular formula is C18H26N4OS. The van der Waals surface area contributed by atoms with Gasteiger partial charge in [0.1, 0.15) is 5.75 Å². The number of hydrogen-bond acceptors (Lipinski definition) is 4. The third kappa shape index (κ3) is 4.96. The van der Waals surface area contributed by atoms with Crippen molar-refractivity contribution < 1.29 is 4.74 Å². The van der Waals surface area contributed by atoms with Crippen molar-refractivity contribution >= 4 is 17.3 Å². The summed E-state index contributed by atoms with van der Waals surface area (Å²) in [4.78, 5) is 10.5. The molecule has 2 rings (SSSR count). The summed E-state index contributed by atoms with van der Waals surface area (Å²) in [5.74, 6) is 1.71. The summed E-state index contributed by atoms with van der Waals surface area (Å²) < 4.78 is 5.46. The standard InChI is InChI=1S/C18H26N4OS/c1-5-19-18(20-9-8-15-7-6-10-24-15)22-12-16-14(3)17(23-4)13(2)11-21-16/h6-7,10-11H,5,8-9,12H2,1-4H3,(H2,19,20,22). The summed E-state index contributed by atoms with van der Waals surface area (Å²) in [6.45, 7) is 8.30. The van der Waals surface area contributed by atoms with Crippen molar-refractivity contribution in [3.63, 3.8) is 0 Å². The van der Waals surface area contributed by atoms with E-state index in [0.29, 0.717) is 6.54 Å². The first-order chi connectivity index (χ1) is 11.7. The molecule has 0 aliphatic heterocycles. The molecule has 130 valence electrons. The predicted molar refractivity (Wildman–Crippen MR) is 101 cm³/mol. The Morgan fingerprint density at radius 2 is 2.17 bits per heavy atom. The van der Waals surface area contributed by atoms with Gasteiger partial charge in [-0.1, -0.05) is 6.07 Å². The molecule has 0 aromatic carbocycles. The first-order valence-corrected chi connectivity index (χ1v) is 9.07. The minimum absolute atomic E-state index is 0.525. The van der Waals surface area contributed by atoms with E-state index in [4.69, 9.17) is 4.74 Å². The second-order valence-corrected chi connectivity index (χ2v) is 6.53. The third-order valence-electron chi connectivity index (χ3n) is 3.72. The molecule has 0 aliphatic rings. The van der Waals surface area contributed by atoms with E-state index in [2.05, 4.69) is 45.0 Å². The second-order valence-electron chi connectivity index (χ2n) is 5.50. The SMILES string of the molecule is CCNC(=NCc1ncc(C)c(OC)c1C)NCCc1cccs1. The molecule has 24 heavy (non-hydrogen) atoms. The number of aliphatic imine (C=N–C) groups is 1. The van der Waals surface area contributed by atoms with Gasteiger partial charge < -0.3 is 15.4 Å². The maximum Gasteiger partial charge on any atom is 0.191 e. The highest BCUT2D eigenvalue weighted by Crippen LogP contribution is 2.24. The van der Waals surface area contributed by atoms with Gasteiger partial charge in [-0.3, -0.25) is 4.98 Å². The number of nitrogens with one attached hydrogen (secondary N) is 2. The van der Waals surface area contributed by atoms with Gasteiger partial charge in [-0.05, 0) is 38.6 Å². The summed E-state index contributed by atoms with van der Waals surface area (Å²) in [5.41, 5.74) is 3.03. The molecule has 2 N–H and O–H groups in total. The number of methoxy groups -OCH3 is 1. The molecule has 0 fully saturated rings. The Morgan fingerprint density at radius 3 is 2.83 bits per heavy atom. The van der Waals surface area contributed by atoms with Crippen molar-refractivity contribution in [3.8, 4) is 5.75 Å². The summed E-state index contributed by atoms with van der Waals surface area (Å²) in [6.07, 6.45) is 2.84. The Labute approximate surface area is 148 Å². The second kappa shape index (κ2) is 9.27. The molecule has 5 nitrogen and oxygen atoms in total. The first-order valence-electron chi connectivity index (χ1n) is 8.19. The van der Waals surface area contributed by atoms with Crippen LogP contribution in [-0.2, 0) is 13.0 Å². The van der Waals surface area contributed by atoms with Crippen molar-refractivity contribution in [2.45, 2.75) is 33.7 Å².